The van der Waals surface area contributed by atoms with E-state index in [4.69, 9.17) is 32.7 Å². The molecule has 1 saturated heterocycles. The van der Waals surface area contributed by atoms with Crippen LogP contribution in [0.3, 0.4) is 0 Å². The van der Waals surface area contributed by atoms with Crippen molar-refractivity contribution in [3.63, 3.8) is 0 Å². The molecule has 1 aliphatic carbocycles. The van der Waals surface area contributed by atoms with Gasteiger partial charge in [-0.3, -0.25) is 18.7 Å². The van der Waals surface area contributed by atoms with Crippen molar-refractivity contribution in [2.75, 3.05) is 40.5 Å². The molecule has 3 amide bonds. The van der Waals surface area contributed by atoms with E-state index in [2.05, 4.69) is 5.32 Å². The number of nitrogens with one attached hydrogen (secondary N) is 1. The minimum atomic E-state index is -0.618. The number of aromatic nitrogens is 2. The van der Waals surface area contributed by atoms with Crippen LogP contribution in [-0.4, -0.2) is 83.5 Å². The summed E-state index contributed by atoms with van der Waals surface area (Å²) < 4.78 is 13.0. The van der Waals surface area contributed by atoms with Crippen molar-refractivity contribution < 1.29 is 19.1 Å². The van der Waals surface area contributed by atoms with Crippen molar-refractivity contribution in [1.82, 2.24) is 24.3 Å². The molecule has 5 rings (SSSR count). The standard InChI is InChI=1S/C31H37Cl2N5O6/c1-19(18-43-2)38-29(40)24(23-5-4-6-25(32)28(23)33)16-36(31(38)42)17-27(39)35-12-10-21(11-13-35)37-14-9-20-15-22(44-3)7-8-26(20)34-30(37)41/h4-8,16,19,21-22H,9-15,17-18H2,1-3H3,(H,34,41)/t19-,22?/m0/s1. The molecule has 2 aliphatic heterocycles. The zero-order chi connectivity index (χ0) is 31.5. The minimum Gasteiger partial charge on any atom is -0.383 e. The predicted octanol–water partition coefficient (Wildman–Crippen LogP) is 3.83. The van der Waals surface area contributed by atoms with Crippen molar-refractivity contribution in [2.24, 2.45) is 0 Å². The molecule has 2 aromatic rings. The third-order valence-corrected chi connectivity index (χ3v) is 9.42. The summed E-state index contributed by atoms with van der Waals surface area (Å²) in [5.41, 5.74) is 1.38. The fraction of sp³-hybridized carbons (Fsp3) is 0.484. The van der Waals surface area contributed by atoms with E-state index in [0.29, 0.717) is 38.0 Å². The number of halogens is 2. The van der Waals surface area contributed by atoms with Crippen LogP contribution in [-0.2, 0) is 20.8 Å². The second kappa shape index (κ2) is 13.7. The van der Waals surface area contributed by atoms with E-state index in [9.17, 15) is 19.2 Å². The van der Waals surface area contributed by atoms with Crippen LogP contribution in [0.2, 0.25) is 10.0 Å². The lowest BCUT2D eigenvalue weighted by molar-refractivity contribution is -0.133. The molecule has 236 valence electrons. The molecule has 1 aromatic heterocycles. The maximum Gasteiger partial charge on any atom is 0.331 e. The average Bonchev–Trinajstić information content (AvgIpc) is 3.17. The molecule has 0 spiro atoms. The van der Waals surface area contributed by atoms with E-state index in [1.165, 1.54) is 23.4 Å². The molecule has 2 atom stereocenters. The summed E-state index contributed by atoms with van der Waals surface area (Å²) >= 11 is 12.7. The number of allylic oxidation sites excluding steroid dienone is 1. The Labute approximate surface area is 265 Å². The fourth-order valence-corrected chi connectivity index (χ4v) is 6.57. The van der Waals surface area contributed by atoms with Gasteiger partial charge in [-0.2, -0.15) is 0 Å². The summed E-state index contributed by atoms with van der Waals surface area (Å²) in [5.74, 6) is -0.258. The average molecular weight is 647 g/mol. The molecule has 3 aliphatic rings. The first-order chi connectivity index (χ1) is 21.1. The van der Waals surface area contributed by atoms with Crippen LogP contribution in [0.4, 0.5) is 4.79 Å². The Hall–Kier alpha value is -3.38. The second-order valence-electron chi connectivity index (χ2n) is 11.4. The van der Waals surface area contributed by atoms with Crippen LogP contribution in [0.5, 0.6) is 0 Å². The van der Waals surface area contributed by atoms with E-state index >= 15 is 0 Å². The Morgan fingerprint density at radius 3 is 2.55 bits per heavy atom. The summed E-state index contributed by atoms with van der Waals surface area (Å²) in [4.78, 5) is 57.2. The van der Waals surface area contributed by atoms with Gasteiger partial charge in [0.05, 0.1) is 34.4 Å². The largest absolute Gasteiger partial charge is 0.383 e. The Balaban J connectivity index is 1.31. The predicted molar refractivity (Wildman–Crippen MR) is 168 cm³/mol. The Bertz CT molecular complexity index is 1610. The van der Waals surface area contributed by atoms with Gasteiger partial charge >= 0.3 is 11.7 Å². The number of benzene rings is 1. The van der Waals surface area contributed by atoms with Gasteiger partial charge in [-0.1, -0.05) is 41.4 Å². The lowest BCUT2D eigenvalue weighted by atomic mass is 9.97. The molecule has 1 fully saturated rings. The van der Waals surface area contributed by atoms with Crippen LogP contribution >= 0.6 is 23.2 Å². The molecule has 1 aromatic carbocycles. The van der Waals surface area contributed by atoms with Crippen molar-refractivity contribution in [3.8, 4) is 11.1 Å². The third kappa shape index (κ3) is 6.51. The molecule has 3 heterocycles. The number of nitrogens with zero attached hydrogens (tertiary/aromatic N) is 4. The monoisotopic (exact) mass is 645 g/mol. The number of hydrogen-bond acceptors (Lipinski definition) is 6. The van der Waals surface area contributed by atoms with Gasteiger partial charge in [0.15, 0.2) is 0 Å². The Morgan fingerprint density at radius 2 is 1.84 bits per heavy atom. The summed E-state index contributed by atoms with van der Waals surface area (Å²) in [6.07, 6.45) is 8.01. The molecule has 1 unspecified atom stereocenters. The van der Waals surface area contributed by atoms with Gasteiger partial charge in [-0.05, 0) is 43.9 Å². The van der Waals surface area contributed by atoms with Gasteiger partial charge in [0.25, 0.3) is 5.56 Å². The van der Waals surface area contributed by atoms with Crippen molar-refractivity contribution in [2.45, 2.75) is 57.3 Å². The number of carbonyl (C=O) groups excluding carboxylic acids is 2. The molecule has 11 nitrogen and oxygen atoms in total. The minimum absolute atomic E-state index is 0.0139. The number of hydrogen-bond donors (Lipinski definition) is 1. The molecule has 0 bridgehead atoms. The van der Waals surface area contributed by atoms with E-state index < -0.39 is 17.3 Å². The molecular weight excluding hydrogens is 609 g/mol. The van der Waals surface area contributed by atoms with Crippen molar-refractivity contribution in [1.29, 1.82) is 0 Å². The van der Waals surface area contributed by atoms with Gasteiger partial charge in [0.1, 0.15) is 6.54 Å². The Kier molecular flexibility index (Phi) is 9.99. The number of ether oxygens (including phenoxy) is 2. The summed E-state index contributed by atoms with van der Waals surface area (Å²) in [6.45, 7) is 3.03. The number of likely N-dealkylation sites (tertiary alicyclic amines) is 1. The molecule has 1 N–H and O–H groups in total. The summed E-state index contributed by atoms with van der Waals surface area (Å²) in [6, 6.07) is 4.18. The SMILES string of the molecule is COC[C@H](C)n1c(=O)c(-c2cccc(Cl)c2Cl)cn(CC(=O)N2CCC(N3CCC4=C(C=CC(OC)C4)NC3=O)CC2)c1=O. The second-order valence-corrected chi connectivity index (χ2v) is 12.2. The van der Waals surface area contributed by atoms with Crippen LogP contribution in [0.15, 0.2) is 57.4 Å². The maximum atomic E-state index is 13.5. The highest BCUT2D eigenvalue weighted by atomic mass is 35.5. The first kappa shape index (κ1) is 32.0. The van der Waals surface area contributed by atoms with Gasteiger partial charge in [-0.15, -0.1) is 0 Å². The zero-order valence-corrected chi connectivity index (χ0v) is 26.6. The molecule has 0 saturated carbocycles. The smallest absolute Gasteiger partial charge is 0.331 e. The van der Waals surface area contributed by atoms with Crippen LogP contribution in [0.1, 0.15) is 38.6 Å². The first-order valence-corrected chi connectivity index (χ1v) is 15.5. The lowest BCUT2D eigenvalue weighted by Gasteiger charge is -2.38. The number of rotatable bonds is 8. The van der Waals surface area contributed by atoms with Crippen molar-refractivity contribution >= 4 is 35.1 Å². The van der Waals surface area contributed by atoms with E-state index in [-0.39, 0.29) is 52.8 Å². The first-order valence-electron chi connectivity index (χ1n) is 14.7. The van der Waals surface area contributed by atoms with E-state index in [1.807, 2.05) is 17.1 Å². The normalized spacial score (nSPS) is 19.9. The topological polar surface area (TPSA) is 115 Å². The fourth-order valence-electron chi connectivity index (χ4n) is 6.17. The van der Waals surface area contributed by atoms with Crippen LogP contribution < -0.4 is 16.6 Å². The number of carbonyl (C=O) groups is 2. The molecule has 44 heavy (non-hydrogen) atoms. The lowest BCUT2D eigenvalue weighted by Crippen LogP contribution is -2.52. The number of amides is 3. The summed E-state index contributed by atoms with van der Waals surface area (Å²) in [7, 11) is 3.17. The zero-order valence-electron chi connectivity index (χ0n) is 25.1. The third-order valence-electron chi connectivity index (χ3n) is 8.61. The quantitative estimate of drug-likeness (QED) is 0.467. The highest BCUT2D eigenvalue weighted by Gasteiger charge is 2.33. The van der Waals surface area contributed by atoms with Gasteiger partial charge < -0.3 is 24.6 Å². The molecular formula is C31H37Cl2N5O6. The molecule has 13 heteroatoms. The summed E-state index contributed by atoms with van der Waals surface area (Å²) in [5, 5.41) is 3.50. The van der Waals surface area contributed by atoms with Crippen LogP contribution in [0.25, 0.3) is 11.1 Å². The van der Waals surface area contributed by atoms with E-state index in [0.717, 1.165) is 23.1 Å². The van der Waals surface area contributed by atoms with Gasteiger partial charge in [0, 0.05) is 63.8 Å². The van der Waals surface area contributed by atoms with Gasteiger partial charge in [-0.25, -0.2) is 9.59 Å². The molecule has 0 radical (unpaired) electrons. The van der Waals surface area contributed by atoms with Crippen molar-refractivity contribution in [3.05, 3.63) is 78.7 Å². The van der Waals surface area contributed by atoms with Crippen LogP contribution in [0, 0.1) is 0 Å². The number of piperidine rings is 1. The van der Waals surface area contributed by atoms with E-state index in [1.54, 1.807) is 37.1 Å². The highest BCUT2D eigenvalue weighted by molar-refractivity contribution is 6.43. The number of methoxy groups -OCH3 is 2. The maximum absolute atomic E-state index is 13.5. The van der Waals surface area contributed by atoms with Gasteiger partial charge in [0.2, 0.25) is 5.91 Å². The number of urea groups is 1. The highest BCUT2D eigenvalue weighted by Crippen LogP contribution is 2.32. The Morgan fingerprint density at radius 1 is 1.09 bits per heavy atom.